The van der Waals surface area contributed by atoms with Crippen LogP contribution in [0, 0.1) is 5.21 Å². The minimum Gasteiger partial charge on any atom is -0.624 e. The van der Waals surface area contributed by atoms with Crippen LogP contribution in [0.3, 0.4) is 0 Å². The summed E-state index contributed by atoms with van der Waals surface area (Å²) in [6.45, 7) is 2.95. The number of rotatable bonds is 7. The molecule has 0 saturated heterocycles. The van der Waals surface area contributed by atoms with Crippen LogP contribution in [-0.4, -0.2) is 29.2 Å². The van der Waals surface area contributed by atoms with E-state index in [4.69, 9.17) is 9.47 Å². The van der Waals surface area contributed by atoms with E-state index in [-0.39, 0.29) is 18.2 Å². The highest BCUT2D eigenvalue weighted by Gasteiger charge is 2.42. The van der Waals surface area contributed by atoms with Crippen LogP contribution in [-0.2, 0) is 22.7 Å². The predicted molar refractivity (Wildman–Crippen MR) is 93.8 cm³/mol. The third kappa shape index (κ3) is 4.02. The largest absolute Gasteiger partial charge is 0.624 e. The van der Waals surface area contributed by atoms with E-state index in [1.54, 1.807) is 6.21 Å². The van der Waals surface area contributed by atoms with Crippen LogP contribution < -0.4 is 0 Å². The van der Waals surface area contributed by atoms with Gasteiger partial charge in [-0.3, -0.25) is 0 Å². The van der Waals surface area contributed by atoms with Gasteiger partial charge in [-0.2, -0.15) is 0 Å². The van der Waals surface area contributed by atoms with Gasteiger partial charge in [0.25, 0.3) is 0 Å². The van der Waals surface area contributed by atoms with Crippen molar-refractivity contribution < 1.29 is 14.2 Å². The van der Waals surface area contributed by atoms with Crippen LogP contribution in [0.1, 0.15) is 24.5 Å². The topological polar surface area (TPSA) is 44.5 Å². The van der Waals surface area contributed by atoms with Crippen molar-refractivity contribution in [3.05, 3.63) is 77.0 Å². The lowest BCUT2D eigenvalue weighted by Crippen LogP contribution is -2.37. The van der Waals surface area contributed by atoms with Gasteiger partial charge in [-0.1, -0.05) is 67.6 Å². The molecule has 1 aliphatic heterocycles. The van der Waals surface area contributed by atoms with Gasteiger partial charge in [-0.15, -0.1) is 0 Å². The molecule has 1 aliphatic rings. The zero-order chi connectivity index (χ0) is 16.8. The Bertz CT molecular complexity index is 657. The molecule has 1 unspecified atom stereocenters. The predicted octanol–water partition coefficient (Wildman–Crippen LogP) is 3.53. The molecule has 4 heteroatoms. The summed E-state index contributed by atoms with van der Waals surface area (Å²) in [7, 11) is 0. The third-order valence-electron chi connectivity index (χ3n) is 4.31. The third-order valence-corrected chi connectivity index (χ3v) is 4.31. The summed E-state index contributed by atoms with van der Waals surface area (Å²) in [4.78, 5) is 0. The summed E-state index contributed by atoms with van der Waals surface area (Å²) < 4.78 is 13.0. The van der Waals surface area contributed by atoms with Gasteiger partial charge in [-0.25, -0.2) is 4.74 Å². The van der Waals surface area contributed by atoms with E-state index in [1.165, 1.54) is 0 Å². The maximum atomic E-state index is 12.1. The highest BCUT2D eigenvalue weighted by atomic mass is 16.6. The Morgan fingerprint density at radius 2 is 1.42 bits per heavy atom. The maximum absolute atomic E-state index is 12.1. The fourth-order valence-electron chi connectivity index (χ4n) is 2.99. The van der Waals surface area contributed by atoms with Gasteiger partial charge in [0.15, 0.2) is 24.5 Å². The van der Waals surface area contributed by atoms with Gasteiger partial charge in [0.05, 0.1) is 13.2 Å². The molecule has 3 rings (SSSR count). The number of hydroxylamine groups is 1. The van der Waals surface area contributed by atoms with Gasteiger partial charge in [0.1, 0.15) is 0 Å². The quantitative estimate of drug-likeness (QED) is 0.578. The average molecular weight is 325 g/mol. The van der Waals surface area contributed by atoms with Gasteiger partial charge < -0.3 is 14.7 Å². The fourth-order valence-corrected chi connectivity index (χ4v) is 2.99. The number of ether oxygens (including phenoxy) is 2. The molecule has 24 heavy (non-hydrogen) atoms. The minimum absolute atomic E-state index is 0.200. The first kappa shape index (κ1) is 16.7. The molecular weight excluding hydrogens is 302 g/mol. The van der Waals surface area contributed by atoms with Crippen molar-refractivity contribution in [2.45, 2.75) is 44.8 Å². The van der Waals surface area contributed by atoms with E-state index >= 15 is 0 Å². The Morgan fingerprint density at radius 1 is 0.875 bits per heavy atom. The molecule has 0 amide bonds. The van der Waals surface area contributed by atoms with Crippen LogP contribution in [0.2, 0.25) is 0 Å². The van der Waals surface area contributed by atoms with Gasteiger partial charge in [-0.05, 0) is 11.1 Å². The lowest BCUT2D eigenvalue weighted by molar-refractivity contribution is -0.499. The van der Waals surface area contributed by atoms with E-state index in [9.17, 15) is 5.21 Å². The monoisotopic (exact) mass is 325 g/mol. The Hall–Kier alpha value is -2.17. The first-order valence-electron chi connectivity index (χ1n) is 8.39. The molecule has 0 saturated carbocycles. The van der Waals surface area contributed by atoms with Crippen LogP contribution in [0.15, 0.2) is 60.7 Å². The smallest absolute Gasteiger partial charge is 0.191 e. The minimum atomic E-state index is -0.323. The average Bonchev–Trinajstić information content (AvgIpc) is 2.94. The molecule has 0 fully saturated rings. The standard InChI is InChI=1S/C20H23NO3/c1-2-18-20(24-15-17-11-7-4-8-12-17)19(13-21(18)22)23-14-16-9-5-3-6-10-16/h3-13,18-20H,2,14-15H2,1H3/t18-,19?,20+/m1/s1. The zero-order valence-electron chi connectivity index (χ0n) is 13.9. The highest BCUT2D eigenvalue weighted by molar-refractivity contribution is 5.61. The Labute approximate surface area is 142 Å². The summed E-state index contributed by atoms with van der Waals surface area (Å²) in [6, 6.07) is 19.8. The Kier molecular flexibility index (Phi) is 5.62. The van der Waals surface area contributed by atoms with Crippen molar-refractivity contribution in [3.63, 3.8) is 0 Å². The molecule has 0 spiro atoms. The summed E-state index contributed by atoms with van der Waals surface area (Å²) in [5.74, 6) is 0. The van der Waals surface area contributed by atoms with Crippen LogP contribution >= 0.6 is 0 Å². The Morgan fingerprint density at radius 3 is 1.96 bits per heavy atom. The van der Waals surface area contributed by atoms with E-state index in [2.05, 4.69) is 0 Å². The molecule has 0 aliphatic carbocycles. The second kappa shape index (κ2) is 8.08. The van der Waals surface area contributed by atoms with E-state index < -0.39 is 0 Å². The summed E-state index contributed by atoms with van der Waals surface area (Å²) in [5.41, 5.74) is 2.18. The molecule has 2 aromatic rings. The van der Waals surface area contributed by atoms with Crippen molar-refractivity contribution in [1.29, 1.82) is 0 Å². The van der Waals surface area contributed by atoms with Crippen molar-refractivity contribution in [3.8, 4) is 0 Å². The molecule has 0 radical (unpaired) electrons. The molecular formula is C20H23NO3. The van der Waals surface area contributed by atoms with E-state index in [1.807, 2.05) is 67.6 Å². The maximum Gasteiger partial charge on any atom is 0.191 e. The zero-order valence-corrected chi connectivity index (χ0v) is 13.9. The first-order valence-corrected chi connectivity index (χ1v) is 8.39. The Balaban J connectivity index is 1.64. The summed E-state index contributed by atoms with van der Waals surface area (Å²) in [5, 5.41) is 12.1. The second-order valence-corrected chi connectivity index (χ2v) is 6.01. The molecule has 4 nitrogen and oxygen atoms in total. The van der Waals surface area contributed by atoms with E-state index in [0.29, 0.717) is 13.2 Å². The van der Waals surface area contributed by atoms with Crippen molar-refractivity contribution in [1.82, 2.24) is 0 Å². The fraction of sp³-hybridized carbons (Fsp3) is 0.350. The van der Waals surface area contributed by atoms with Gasteiger partial charge in [0, 0.05) is 6.42 Å². The molecule has 0 N–H and O–H groups in total. The number of nitrogens with zero attached hydrogens (tertiary/aromatic N) is 1. The van der Waals surface area contributed by atoms with Crippen molar-refractivity contribution in [2.75, 3.05) is 0 Å². The van der Waals surface area contributed by atoms with Crippen molar-refractivity contribution >= 4 is 6.21 Å². The van der Waals surface area contributed by atoms with Gasteiger partial charge in [0.2, 0.25) is 0 Å². The molecule has 0 aromatic heterocycles. The summed E-state index contributed by atoms with van der Waals surface area (Å²) >= 11 is 0. The van der Waals surface area contributed by atoms with Crippen LogP contribution in [0.25, 0.3) is 0 Å². The van der Waals surface area contributed by atoms with E-state index in [0.717, 1.165) is 22.3 Å². The molecule has 2 aromatic carbocycles. The first-order chi connectivity index (χ1) is 11.8. The number of hydrogen-bond acceptors (Lipinski definition) is 3. The lowest BCUT2D eigenvalue weighted by Gasteiger charge is -2.22. The highest BCUT2D eigenvalue weighted by Crippen LogP contribution is 2.22. The molecule has 1 heterocycles. The van der Waals surface area contributed by atoms with Crippen LogP contribution in [0.5, 0.6) is 0 Å². The normalized spacial score (nSPS) is 23.2. The van der Waals surface area contributed by atoms with Crippen LogP contribution in [0.4, 0.5) is 0 Å². The second-order valence-electron chi connectivity index (χ2n) is 6.01. The summed E-state index contributed by atoms with van der Waals surface area (Å²) in [6.07, 6.45) is 1.75. The molecule has 0 bridgehead atoms. The molecule has 3 atom stereocenters. The lowest BCUT2D eigenvalue weighted by atomic mass is 10.1. The molecule has 126 valence electrons. The number of hydrogen-bond donors (Lipinski definition) is 0. The number of benzene rings is 2. The van der Waals surface area contributed by atoms with Crippen molar-refractivity contribution in [2.24, 2.45) is 0 Å². The van der Waals surface area contributed by atoms with Gasteiger partial charge >= 0.3 is 0 Å². The SMILES string of the molecule is CC[C@@H]1[C@H](OCc2ccccc2)C(OCc2ccccc2)C=[N+]1[O-].